The van der Waals surface area contributed by atoms with Crippen LogP contribution in [-0.4, -0.2) is 45.4 Å². The Hall–Kier alpha value is -3.50. The monoisotopic (exact) mass is 436 g/mol. The Morgan fingerprint density at radius 1 is 1.19 bits per heavy atom. The van der Waals surface area contributed by atoms with Crippen molar-refractivity contribution in [1.82, 2.24) is 20.0 Å². The van der Waals surface area contributed by atoms with Crippen LogP contribution in [0.5, 0.6) is 5.75 Å². The summed E-state index contributed by atoms with van der Waals surface area (Å²) in [5.41, 5.74) is -1.37. The van der Waals surface area contributed by atoms with E-state index in [-0.39, 0.29) is 36.8 Å². The number of likely N-dealkylation sites (tertiary alicyclic amines) is 1. The molecule has 7 nitrogen and oxygen atoms in total. The number of pyridine rings is 1. The highest BCUT2D eigenvalue weighted by Gasteiger charge is 2.44. The number of alkyl halides is 4. The van der Waals surface area contributed by atoms with Gasteiger partial charge in [0.1, 0.15) is 5.75 Å². The standard InChI is InChI=1S/C20H16F4N4O3/c21-19(18-26-16(27-31-18)14-3-1-9-25-11-14)8-2-10-28(12-19)17(29)13-4-6-15(7-5-13)30-20(22,23)24/h1,3-7,9,11H,2,8,10,12H2. The number of carbonyl (C=O) groups is 1. The molecular weight excluding hydrogens is 420 g/mol. The minimum absolute atomic E-state index is 0.0871. The number of halogens is 4. The first-order valence-corrected chi connectivity index (χ1v) is 9.32. The van der Waals surface area contributed by atoms with Gasteiger partial charge in [0.2, 0.25) is 11.5 Å². The van der Waals surface area contributed by atoms with E-state index in [0.29, 0.717) is 12.0 Å². The maximum Gasteiger partial charge on any atom is 0.573 e. The summed E-state index contributed by atoms with van der Waals surface area (Å²) in [6.45, 7) is -0.0315. The number of ether oxygens (including phenoxy) is 1. The van der Waals surface area contributed by atoms with Gasteiger partial charge in [0.05, 0.1) is 6.54 Å². The SMILES string of the molecule is O=C(c1ccc(OC(F)(F)F)cc1)N1CCCC(F)(c2nc(-c3cccnc3)no2)C1. The van der Waals surface area contributed by atoms with Gasteiger partial charge in [-0.1, -0.05) is 5.16 Å². The minimum atomic E-state index is -4.83. The summed E-state index contributed by atoms with van der Waals surface area (Å²) in [7, 11) is 0. The van der Waals surface area contributed by atoms with Crippen molar-refractivity contribution in [3.63, 3.8) is 0 Å². The topological polar surface area (TPSA) is 81.4 Å². The first kappa shape index (κ1) is 20.8. The van der Waals surface area contributed by atoms with Crippen molar-refractivity contribution in [3.8, 4) is 17.1 Å². The average Bonchev–Trinajstić information content (AvgIpc) is 3.25. The Kier molecular flexibility index (Phi) is 5.34. The second-order valence-electron chi connectivity index (χ2n) is 7.03. The fourth-order valence-corrected chi connectivity index (χ4v) is 3.36. The fraction of sp³-hybridized carbons (Fsp3) is 0.300. The third-order valence-electron chi connectivity index (χ3n) is 4.79. The number of nitrogens with zero attached hydrogens (tertiary/aromatic N) is 4. The fourth-order valence-electron chi connectivity index (χ4n) is 3.36. The van der Waals surface area contributed by atoms with Crippen LogP contribution in [0.25, 0.3) is 11.4 Å². The number of hydrogen-bond acceptors (Lipinski definition) is 6. The van der Waals surface area contributed by atoms with E-state index in [1.807, 2.05) is 0 Å². The summed E-state index contributed by atoms with van der Waals surface area (Å²) in [6.07, 6.45) is -1.30. The summed E-state index contributed by atoms with van der Waals surface area (Å²) in [5.74, 6) is -1.02. The largest absolute Gasteiger partial charge is 0.573 e. The van der Waals surface area contributed by atoms with Gasteiger partial charge in [-0.3, -0.25) is 9.78 Å². The molecule has 4 rings (SSSR count). The van der Waals surface area contributed by atoms with Gasteiger partial charge in [-0.25, -0.2) is 4.39 Å². The zero-order valence-electron chi connectivity index (χ0n) is 16.0. The van der Waals surface area contributed by atoms with Gasteiger partial charge in [-0.05, 0) is 49.2 Å². The zero-order valence-corrected chi connectivity index (χ0v) is 16.0. The van der Waals surface area contributed by atoms with E-state index in [2.05, 4.69) is 19.9 Å². The Labute approximate surface area is 173 Å². The molecule has 1 aromatic carbocycles. The molecule has 0 saturated carbocycles. The number of piperidine rings is 1. The van der Waals surface area contributed by atoms with Crippen molar-refractivity contribution >= 4 is 5.91 Å². The Morgan fingerprint density at radius 3 is 2.65 bits per heavy atom. The van der Waals surface area contributed by atoms with E-state index in [0.717, 1.165) is 12.1 Å². The van der Waals surface area contributed by atoms with Crippen LogP contribution in [0.4, 0.5) is 17.6 Å². The average molecular weight is 436 g/mol. The van der Waals surface area contributed by atoms with Crippen LogP contribution >= 0.6 is 0 Å². The van der Waals surface area contributed by atoms with Gasteiger partial charge in [-0.2, -0.15) is 4.98 Å². The first-order chi connectivity index (χ1) is 14.7. The number of carbonyl (C=O) groups excluding carboxylic acids is 1. The Bertz CT molecular complexity index is 1060. The first-order valence-electron chi connectivity index (χ1n) is 9.32. The summed E-state index contributed by atoms with van der Waals surface area (Å²) in [6, 6.07) is 7.85. The molecule has 1 unspecified atom stereocenters. The molecule has 1 saturated heterocycles. The van der Waals surface area contributed by atoms with Crippen molar-refractivity contribution in [2.45, 2.75) is 24.9 Å². The maximum atomic E-state index is 15.7. The molecule has 1 aliphatic heterocycles. The molecule has 0 N–H and O–H groups in total. The molecule has 1 atom stereocenters. The highest BCUT2D eigenvalue weighted by Crippen LogP contribution is 2.36. The van der Waals surface area contributed by atoms with Crippen LogP contribution in [0.15, 0.2) is 53.3 Å². The van der Waals surface area contributed by atoms with E-state index in [1.165, 1.54) is 23.2 Å². The molecular formula is C20H16F4N4O3. The number of aromatic nitrogens is 3. The summed E-state index contributed by atoms with van der Waals surface area (Å²) in [5, 5.41) is 3.80. The van der Waals surface area contributed by atoms with Crippen LogP contribution in [-0.2, 0) is 5.67 Å². The lowest BCUT2D eigenvalue weighted by molar-refractivity contribution is -0.274. The van der Waals surface area contributed by atoms with Gasteiger partial charge in [0, 0.05) is 30.1 Å². The van der Waals surface area contributed by atoms with Crippen LogP contribution in [0.2, 0.25) is 0 Å². The lowest BCUT2D eigenvalue weighted by Gasteiger charge is -2.35. The summed E-state index contributed by atoms with van der Waals surface area (Å²) >= 11 is 0. The second kappa shape index (κ2) is 7.97. The molecule has 162 valence electrons. The molecule has 0 spiro atoms. The van der Waals surface area contributed by atoms with Gasteiger partial charge in [0.25, 0.3) is 11.8 Å². The molecule has 11 heteroatoms. The number of amides is 1. The number of rotatable bonds is 4. The van der Waals surface area contributed by atoms with E-state index < -0.39 is 23.7 Å². The second-order valence-corrected chi connectivity index (χ2v) is 7.03. The molecule has 3 heterocycles. The molecule has 0 aliphatic carbocycles. The van der Waals surface area contributed by atoms with Crippen molar-refractivity contribution in [1.29, 1.82) is 0 Å². The molecule has 0 bridgehead atoms. The van der Waals surface area contributed by atoms with Gasteiger partial charge < -0.3 is 14.2 Å². The van der Waals surface area contributed by atoms with Crippen LogP contribution in [0.3, 0.4) is 0 Å². The van der Waals surface area contributed by atoms with E-state index in [9.17, 15) is 18.0 Å². The van der Waals surface area contributed by atoms with Crippen molar-refractivity contribution in [2.75, 3.05) is 13.1 Å². The molecule has 1 amide bonds. The predicted molar refractivity (Wildman–Crippen MR) is 98.6 cm³/mol. The van der Waals surface area contributed by atoms with Gasteiger partial charge in [0.15, 0.2) is 0 Å². The predicted octanol–water partition coefficient (Wildman–Crippen LogP) is 4.13. The van der Waals surface area contributed by atoms with Crippen LogP contribution < -0.4 is 4.74 Å². The highest BCUT2D eigenvalue weighted by atomic mass is 19.4. The minimum Gasteiger partial charge on any atom is -0.406 e. The Morgan fingerprint density at radius 2 is 1.97 bits per heavy atom. The normalized spacial score (nSPS) is 19.3. The smallest absolute Gasteiger partial charge is 0.406 e. The molecule has 3 aromatic rings. The highest BCUT2D eigenvalue weighted by molar-refractivity contribution is 5.94. The van der Waals surface area contributed by atoms with E-state index >= 15 is 4.39 Å². The summed E-state index contributed by atoms with van der Waals surface area (Å²) < 4.78 is 61.4. The summed E-state index contributed by atoms with van der Waals surface area (Å²) in [4.78, 5) is 22.1. The van der Waals surface area contributed by atoms with Crippen LogP contribution in [0, 0.1) is 0 Å². The third kappa shape index (κ3) is 4.65. The Balaban J connectivity index is 1.49. The lowest BCUT2D eigenvalue weighted by Crippen LogP contribution is -2.46. The van der Waals surface area contributed by atoms with Crippen molar-refractivity contribution in [2.24, 2.45) is 0 Å². The van der Waals surface area contributed by atoms with Crippen molar-refractivity contribution < 1.29 is 31.6 Å². The third-order valence-corrected chi connectivity index (χ3v) is 4.79. The lowest BCUT2D eigenvalue weighted by atomic mass is 9.94. The van der Waals surface area contributed by atoms with E-state index in [1.54, 1.807) is 18.3 Å². The van der Waals surface area contributed by atoms with Gasteiger partial charge >= 0.3 is 6.36 Å². The van der Waals surface area contributed by atoms with Gasteiger partial charge in [-0.15, -0.1) is 13.2 Å². The molecule has 1 fully saturated rings. The van der Waals surface area contributed by atoms with Crippen molar-refractivity contribution in [3.05, 3.63) is 60.2 Å². The van der Waals surface area contributed by atoms with E-state index in [4.69, 9.17) is 4.52 Å². The quantitative estimate of drug-likeness (QED) is 0.572. The van der Waals surface area contributed by atoms with Crippen LogP contribution in [0.1, 0.15) is 29.1 Å². The molecule has 2 aromatic heterocycles. The number of hydrogen-bond donors (Lipinski definition) is 0. The zero-order chi connectivity index (χ0) is 22.1. The number of benzene rings is 1. The molecule has 0 radical (unpaired) electrons. The maximum absolute atomic E-state index is 15.7. The molecule has 31 heavy (non-hydrogen) atoms. The molecule has 1 aliphatic rings.